The Bertz CT molecular complexity index is 1290. The fourth-order valence-corrected chi connectivity index (χ4v) is 4.91. The molecule has 0 bridgehead atoms. The van der Waals surface area contributed by atoms with E-state index in [4.69, 9.17) is 4.63 Å². The molecule has 3 aromatic rings. The molecule has 182 valence electrons. The van der Waals surface area contributed by atoms with Gasteiger partial charge in [0.05, 0.1) is 12.9 Å². The number of hydrogen-bond donors (Lipinski definition) is 3. The minimum absolute atomic E-state index is 0.0770. The zero-order valence-electron chi connectivity index (χ0n) is 19.1. The second-order valence-corrected chi connectivity index (χ2v) is 9.92. The summed E-state index contributed by atoms with van der Waals surface area (Å²) in [7, 11) is 0. The van der Waals surface area contributed by atoms with Gasteiger partial charge in [-0.05, 0) is 67.5 Å². The molecule has 3 fully saturated rings. The van der Waals surface area contributed by atoms with Gasteiger partial charge in [0.15, 0.2) is 11.5 Å². The van der Waals surface area contributed by atoms with Crippen LogP contribution in [-0.4, -0.2) is 42.7 Å². The summed E-state index contributed by atoms with van der Waals surface area (Å²) in [6.07, 6.45) is 11.0. The van der Waals surface area contributed by atoms with Gasteiger partial charge >= 0.3 is 0 Å². The van der Waals surface area contributed by atoms with Crippen LogP contribution in [0.1, 0.15) is 66.2 Å². The van der Waals surface area contributed by atoms with Gasteiger partial charge < -0.3 is 20.2 Å². The molecule has 3 saturated carbocycles. The van der Waals surface area contributed by atoms with Crippen molar-refractivity contribution in [3.05, 3.63) is 58.2 Å². The van der Waals surface area contributed by atoms with Crippen LogP contribution in [0.5, 0.6) is 0 Å². The standard InChI is InChI=1S/C24H27N7O4/c32-22-16(2-1-9-25-22)10-31-11-17(26-12-31)27-23(33)20(18(13-3-4-13)14-5-6-14)28-24(34)21-19(15-7-8-15)29-35-30-21/h1-2,9,11-15,18,20H,3-8,10H2,(H,25,32)(H,27,33)(H,28,34). The maximum absolute atomic E-state index is 13.5. The van der Waals surface area contributed by atoms with Crippen molar-refractivity contribution in [3.8, 4) is 0 Å². The predicted molar refractivity (Wildman–Crippen MR) is 123 cm³/mol. The Kier molecular flexibility index (Phi) is 5.46. The third-order valence-electron chi connectivity index (χ3n) is 7.12. The summed E-state index contributed by atoms with van der Waals surface area (Å²) in [5.74, 6) is 0.793. The van der Waals surface area contributed by atoms with Crippen LogP contribution in [0.2, 0.25) is 0 Å². The minimum Gasteiger partial charge on any atom is -0.338 e. The predicted octanol–water partition coefficient (Wildman–Crippen LogP) is 2.05. The maximum Gasteiger partial charge on any atom is 0.276 e. The van der Waals surface area contributed by atoms with Gasteiger partial charge in [0, 0.05) is 23.9 Å². The van der Waals surface area contributed by atoms with Gasteiger partial charge in [-0.1, -0.05) is 11.2 Å². The van der Waals surface area contributed by atoms with E-state index in [9.17, 15) is 14.4 Å². The lowest BCUT2D eigenvalue weighted by molar-refractivity contribution is -0.119. The Morgan fingerprint density at radius 2 is 1.91 bits per heavy atom. The fourth-order valence-electron chi connectivity index (χ4n) is 4.91. The summed E-state index contributed by atoms with van der Waals surface area (Å²) in [6.45, 7) is 0.328. The normalized spacial score (nSPS) is 18.4. The third-order valence-corrected chi connectivity index (χ3v) is 7.12. The highest BCUT2D eigenvalue weighted by Crippen LogP contribution is 2.51. The minimum atomic E-state index is -0.701. The Labute approximate surface area is 200 Å². The average Bonchev–Trinajstić information content (AvgIpc) is 3.76. The van der Waals surface area contributed by atoms with E-state index in [0.29, 0.717) is 35.5 Å². The topological polar surface area (TPSA) is 148 Å². The lowest BCUT2D eigenvalue weighted by atomic mass is 9.88. The molecule has 3 aliphatic rings. The molecule has 1 atom stereocenters. The fraction of sp³-hybridized carbons (Fsp3) is 0.500. The molecular weight excluding hydrogens is 450 g/mol. The molecule has 3 aromatic heterocycles. The van der Waals surface area contributed by atoms with E-state index in [1.165, 1.54) is 0 Å². The van der Waals surface area contributed by atoms with Crippen molar-refractivity contribution in [2.75, 3.05) is 5.32 Å². The first-order valence-corrected chi connectivity index (χ1v) is 12.2. The molecule has 0 aromatic carbocycles. The lowest BCUT2D eigenvalue weighted by Crippen LogP contribution is -2.50. The Hall–Kier alpha value is -3.76. The number of pyridine rings is 1. The van der Waals surface area contributed by atoms with Gasteiger partial charge in [-0.2, -0.15) is 0 Å². The smallest absolute Gasteiger partial charge is 0.276 e. The third kappa shape index (κ3) is 4.75. The zero-order valence-corrected chi connectivity index (χ0v) is 19.1. The molecule has 0 aliphatic heterocycles. The van der Waals surface area contributed by atoms with Gasteiger partial charge in [-0.3, -0.25) is 14.4 Å². The van der Waals surface area contributed by atoms with Gasteiger partial charge in [-0.15, -0.1) is 0 Å². The van der Waals surface area contributed by atoms with Crippen LogP contribution in [0, 0.1) is 17.8 Å². The second kappa shape index (κ2) is 8.79. The molecule has 0 radical (unpaired) electrons. The van der Waals surface area contributed by atoms with Gasteiger partial charge in [0.1, 0.15) is 11.7 Å². The highest BCUT2D eigenvalue weighted by molar-refractivity contribution is 6.00. The summed E-state index contributed by atoms with van der Waals surface area (Å²) in [4.78, 5) is 45.5. The number of carbonyl (C=O) groups is 2. The molecule has 35 heavy (non-hydrogen) atoms. The molecule has 3 N–H and O–H groups in total. The molecule has 0 spiro atoms. The SMILES string of the molecule is O=C(NC(C(=O)Nc1cn(Cc2ccc[nH]c2=O)cn1)C(C1CC1)C1CC1)c1nonc1C1CC1. The second-order valence-electron chi connectivity index (χ2n) is 9.92. The van der Waals surface area contributed by atoms with Crippen molar-refractivity contribution in [1.29, 1.82) is 0 Å². The van der Waals surface area contributed by atoms with E-state index in [1.54, 1.807) is 35.4 Å². The first kappa shape index (κ1) is 21.8. The van der Waals surface area contributed by atoms with Crippen molar-refractivity contribution in [1.82, 2.24) is 30.2 Å². The van der Waals surface area contributed by atoms with E-state index < -0.39 is 11.9 Å². The molecule has 1 unspecified atom stereocenters. The van der Waals surface area contributed by atoms with E-state index in [-0.39, 0.29) is 29.0 Å². The number of carbonyl (C=O) groups excluding carboxylic acids is 2. The number of anilines is 1. The van der Waals surface area contributed by atoms with Crippen molar-refractivity contribution in [2.45, 2.75) is 57.0 Å². The number of nitrogens with zero attached hydrogens (tertiary/aromatic N) is 4. The summed E-state index contributed by atoms with van der Waals surface area (Å²) < 4.78 is 6.58. The Balaban J connectivity index is 1.19. The van der Waals surface area contributed by atoms with E-state index in [1.807, 2.05) is 0 Å². The molecule has 3 aliphatic carbocycles. The summed E-state index contributed by atoms with van der Waals surface area (Å²) in [6, 6.07) is 2.81. The van der Waals surface area contributed by atoms with E-state index in [0.717, 1.165) is 38.5 Å². The van der Waals surface area contributed by atoms with Crippen LogP contribution in [0.15, 0.2) is 40.3 Å². The molecule has 6 rings (SSSR count). The molecule has 11 nitrogen and oxygen atoms in total. The van der Waals surface area contributed by atoms with E-state index in [2.05, 4.69) is 30.9 Å². The lowest BCUT2D eigenvalue weighted by Gasteiger charge is -2.27. The highest BCUT2D eigenvalue weighted by Gasteiger charge is 2.49. The summed E-state index contributed by atoms with van der Waals surface area (Å²) >= 11 is 0. The van der Waals surface area contributed by atoms with Crippen LogP contribution < -0.4 is 16.2 Å². The number of aromatic amines is 1. The van der Waals surface area contributed by atoms with Crippen molar-refractivity contribution in [3.63, 3.8) is 0 Å². The monoisotopic (exact) mass is 477 g/mol. The zero-order chi connectivity index (χ0) is 23.9. The molecule has 0 saturated heterocycles. The van der Waals surface area contributed by atoms with Crippen LogP contribution >= 0.6 is 0 Å². The van der Waals surface area contributed by atoms with Crippen LogP contribution in [0.3, 0.4) is 0 Å². The summed E-state index contributed by atoms with van der Waals surface area (Å²) in [5, 5.41) is 13.6. The average molecular weight is 478 g/mol. The highest BCUT2D eigenvalue weighted by atomic mass is 16.6. The van der Waals surface area contributed by atoms with E-state index >= 15 is 0 Å². The van der Waals surface area contributed by atoms with Crippen LogP contribution in [-0.2, 0) is 11.3 Å². The first-order chi connectivity index (χ1) is 17.1. The maximum atomic E-state index is 13.5. The first-order valence-electron chi connectivity index (χ1n) is 12.2. The quantitative estimate of drug-likeness (QED) is 0.405. The van der Waals surface area contributed by atoms with Crippen molar-refractivity contribution in [2.24, 2.45) is 17.8 Å². The van der Waals surface area contributed by atoms with Gasteiger partial charge in [-0.25, -0.2) is 9.61 Å². The van der Waals surface area contributed by atoms with Crippen molar-refractivity contribution < 1.29 is 14.2 Å². The largest absolute Gasteiger partial charge is 0.338 e. The van der Waals surface area contributed by atoms with Crippen LogP contribution in [0.4, 0.5) is 5.82 Å². The molecular formula is C24H27N7O4. The summed E-state index contributed by atoms with van der Waals surface area (Å²) in [5.41, 5.74) is 1.17. The number of H-pyrrole nitrogens is 1. The number of amides is 2. The number of nitrogens with one attached hydrogen (secondary N) is 3. The van der Waals surface area contributed by atoms with Crippen molar-refractivity contribution >= 4 is 17.6 Å². The number of aromatic nitrogens is 5. The molecule has 2 amide bonds. The number of imidazole rings is 1. The number of rotatable bonds is 10. The van der Waals surface area contributed by atoms with Crippen LogP contribution in [0.25, 0.3) is 0 Å². The van der Waals surface area contributed by atoms with Gasteiger partial charge in [0.2, 0.25) is 5.91 Å². The molecule has 11 heteroatoms. The number of hydrogen-bond acceptors (Lipinski definition) is 7. The Morgan fingerprint density at radius 1 is 1.14 bits per heavy atom. The Morgan fingerprint density at radius 3 is 2.60 bits per heavy atom. The molecule has 3 heterocycles. The van der Waals surface area contributed by atoms with Gasteiger partial charge in [0.25, 0.3) is 11.5 Å².